The van der Waals surface area contributed by atoms with E-state index in [0.29, 0.717) is 12.0 Å². The number of hydrogen-bond donors (Lipinski definition) is 2. The molecule has 1 fully saturated rings. The quantitative estimate of drug-likeness (QED) is 0.823. The Morgan fingerprint density at radius 3 is 2.74 bits per heavy atom. The third kappa shape index (κ3) is 3.49. The van der Waals surface area contributed by atoms with E-state index in [1.54, 1.807) is 0 Å². The van der Waals surface area contributed by atoms with Crippen LogP contribution in [-0.2, 0) is 0 Å². The molecular formula is C16H24N2O. The fourth-order valence-corrected chi connectivity index (χ4v) is 2.39. The molecule has 1 aromatic carbocycles. The maximum absolute atomic E-state index is 12.1. The topological polar surface area (TPSA) is 41.1 Å². The van der Waals surface area contributed by atoms with Gasteiger partial charge >= 0.3 is 0 Å². The number of hydrogen-bond acceptors (Lipinski definition) is 2. The fraction of sp³-hybridized carbons (Fsp3) is 0.562. The zero-order valence-corrected chi connectivity index (χ0v) is 12.1. The van der Waals surface area contributed by atoms with Crippen LogP contribution in [0, 0.1) is 12.8 Å². The molecule has 2 N–H and O–H groups in total. The van der Waals surface area contributed by atoms with Gasteiger partial charge in [-0.3, -0.25) is 4.79 Å². The first kappa shape index (κ1) is 13.9. The second-order valence-corrected chi connectivity index (χ2v) is 5.44. The Morgan fingerprint density at radius 2 is 2.16 bits per heavy atom. The van der Waals surface area contributed by atoms with Gasteiger partial charge in [0.15, 0.2) is 0 Å². The predicted molar refractivity (Wildman–Crippen MR) is 79.6 cm³/mol. The number of aryl methyl sites for hydroxylation is 1. The van der Waals surface area contributed by atoms with Crippen molar-refractivity contribution in [1.29, 1.82) is 0 Å². The van der Waals surface area contributed by atoms with Crippen LogP contribution in [0.25, 0.3) is 0 Å². The summed E-state index contributed by atoms with van der Waals surface area (Å²) in [5, 5.41) is 6.47. The lowest BCUT2D eigenvalue weighted by Gasteiger charge is -2.10. The number of nitrogens with one attached hydrogen (secondary N) is 2. The minimum atomic E-state index is 0.0612. The summed E-state index contributed by atoms with van der Waals surface area (Å²) < 4.78 is 0. The van der Waals surface area contributed by atoms with E-state index in [0.717, 1.165) is 42.6 Å². The van der Waals surface area contributed by atoms with Crippen molar-refractivity contribution in [2.75, 3.05) is 11.9 Å². The lowest BCUT2D eigenvalue weighted by atomic mass is 10.1. The van der Waals surface area contributed by atoms with Gasteiger partial charge in [0.25, 0.3) is 5.91 Å². The summed E-state index contributed by atoms with van der Waals surface area (Å²) in [4.78, 5) is 12.1. The van der Waals surface area contributed by atoms with Crippen LogP contribution in [0.1, 0.15) is 49.0 Å². The Labute approximate surface area is 115 Å². The lowest BCUT2D eigenvalue weighted by molar-refractivity contribution is 0.0949. The third-order valence-corrected chi connectivity index (χ3v) is 3.82. The highest BCUT2D eigenvalue weighted by Gasteiger charge is 2.36. The summed E-state index contributed by atoms with van der Waals surface area (Å²) in [6.07, 6.45) is 3.39. The predicted octanol–water partition coefficient (Wildman–Crippen LogP) is 3.35. The molecular weight excluding hydrogens is 236 g/mol. The van der Waals surface area contributed by atoms with Gasteiger partial charge in [0.2, 0.25) is 0 Å². The van der Waals surface area contributed by atoms with Crippen LogP contribution >= 0.6 is 0 Å². The van der Waals surface area contributed by atoms with Crippen molar-refractivity contribution >= 4 is 11.6 Å². The minimum Gasteiger partial charge on any atom is -0.385 e. The second-order valence-electron chi connectivity index (χ2n) is 5.44. The van der Waals surface area contributed by atoms with Crippen molar-refractivity contribution in [2.24, 2.45) is 5.92 Å². The number of amides is 1. The molecule has 1 saturated carbocycles. The summed E-state index contributed by atoms with van der Waals surface area (Å²) in [5.41, 5.74) is 3.02. The maximum atomic E-state index is 12.1. The second kappa shape index (κ2) is 6.09. The number of benzene rings is 1. The highest BCUT2D eigenvalue weighted by Crippen LogP contribution is 2.33. The van der Waals surface area contributed by atoms with Gasteiger partial charge in [0.05, 0.1) is 0 Å². The van der Waals surface area contributed by atoms with E-state index in [9.17, 15) is 4.79 Å². The van der Waals surface area contributed by atoms with Gasteiger partial charge in [-0.15, -0.1) is 0 Å². The molecule has 0 radical (unpaired) electrons. The SMILES string of the molecule is CCCNc1ccc(C(=O)NC2CC2CC)cc1C. The molecule has 0 spiro atoms. The Bertz CT molecular complexity index is 456. The summed E-state index contributed by atoms with van der Waals surface area (Å²) in [6, 6.07) is 6.28. The van der Waals surface area contributed by atoms with Crippen molar-refractivity contribution in [3.63, 3.8) is 0 Å². The zero-order valence-electron chi connectivity index (χ0n) is 12.1. The fourth-order valence-electron chi connectivity index (χ4n) is 2.39. The summed E-state index contributed by atoms with van der Waals surface area (Å²) >= 11 is 0. The normalized spacial score (nSPS) is 21.0. The first-order chi connectivity index (χ1) is 9.15. The molecule has 3 heteroatoms. The van der Waals surface area contributed by atoms with Gasteiger partial charge in [0, 0.05) is 23.8 Å². The first-order valence-electron chi connectivity index (χ1n) is 7.31. The smallest absolute Gasteiger partial charge is 0.251 e. The molecule has 0 aromatic heterocycles. The van der Waals surface area contributed by atoms with Crippen molar-refractivity contribution in [2.45, 2.75) is 46.1 Å². The number of carbonyl (C=O) groups is 1. The Hall–Kier alpha value is -1.51. The highest BCUT2D eigenvalue weighted by molar-refractivity contribution is 5.95. The van der Waals surface area contributed by atoms with Gasteiger partial charge in [-0.2, -0.15) is 0 Å². The Kier molecular flexibility index (Phi) is 4.46. The third-order valence-electron chi connectivity index (χ3n) is 3.82. The van der Waals surface area contributed by atoms with Gasteiger partial charge in [-0.05, 0) is 49.4 Å². The molecule has 2 rings (SSSR count). The van der Waals surface area contributed by atoms with Crippen LogP contribution in [0.3, 0.4) is 0 Å². The standard InChI is InChI=1S/C16H24N2O/c1-4-8-17-14-7-6-13(9-11(14)3)16(19)18-15-10-12(15)5-2/h6-7,9,12,15,17H,4-5,8,10H2,1-3H3,(H,18,19). The molecule has 1 amide bonds. The van der Waals surface area contributed by atoms with Gasteiger partial charge in [0.1, 0.15) is 0 Å². The van der Waals surface area contributed by atoms with Gasteiger partial charge in [-0.25, -0.2) is 0 Å². The summed E-state index contributed by atoms with van der Waals surface area (Å²) in [7, 11) is 0. The lowest BCUT2D eigenvalue weighted by Crippen LogP contribution is -2.26. The largest absolute Gasteiger partial charge is 0.385 e. The molecule has 3 nitrogen and oxygen atoms in total. The molecule has 1 aliphatic rings. The summed E-state index contributed by atoms with van der Waals surface area (Å²) in [6.45, 7) is 7.33. The first-order valence-corrected chi connectivity index (χ1v) is 7.31. The minimum absolute atomic E-state index is 0.0612. The van der Waals surface area contributed by atoms with Crippen molar-refractivity contribution in [1.82, 2.24) is 5.32 Å². The van der Waals surface area contributed by atoms with Crippen LogP contribution in [0.2, 0.25) is 0 Å². The van der Waals surface area contributed by atoms with E-state index in [1.807, 2.05) is 25.1 Å². The number of anilines is 1. The van der Waals surface area contributed by atoms with E-state index in [-0.39, 0.29) is 5.91 Å². The van der Waals surface area contributed by atoms with Crippen molar-refractivity contribution < 1.29 is 4.79 Å². The van der Waals surface area contributed by atoms with Gasteiger partial charge in [-0.1, -0.05) is 20.3 Å². The van der Waals surface area contributed by atoms with E-state index in [4.69, 9.17) is 0 Å². The molecule has 0 bridgehead atoms. The molecule has 0 heterocycles. The average Bonchev–Trinajstić information content (AvgIpc) is 3.15. The van der Waals surface area contributed by atoms with Crippen LogP contribution in [0.4, 0.5) is 5.69 Å². The Balaban J connectivity index is 1.97. The zero-order chi connectivity index (χ0) is 13.8. The van der Waals surface area contributed by atoms with E-state index < -0.39 is 0 Å². The van der Waals surface area contributed by atoms with Gasteiger partial charge < -0.3 is 10.6 Å². The van der Waals surface area contributed by atoms with Crippen LogP contribution in [0.15, 0.2) is 18.2 Å². The van der Waals surface area contributed by atoms with Crippen molar-refractivity contribution in [3.05, 3.63) is 29.3 Å². The highest BCUT2D eigenvalue weighted by atomic mass is 16.1. The van der Waals surface area contributed by atoms with Crippen LogP contribution in [0.5, 0.6) is 0 Å². The number of carbonyl (C=O) groups excluding carboxylic acids is 1. The summed E-state index contributed by atoms with van der Waals surface area (Å²) in [5.74, 6) is 0.752. The van der Waals surface area contributed by atoms with E-state index >= 15 is 0 Å². The molecule has 1 aliphatic carbocycles. The molecule has 19 heavy (non-hydrogen) atoms. The molecule has 2 atom stereocenters. The molecule has 104 valence electrons. The number of rotatable bonds is 6. The maximum Gasteiger partial charge on any atom is 0.251 e. The van der Waals surface area contributed by atoms with Crippen LogP contribution in [-0.4, -0.2) is 18.5 Å². The molecule has 0 aliphatic heterocycles. The molecule has 1 aromatic rings. The molecule has 0 saturated heterocycles. The average molecular weight is 260 g/mol. The Morgan fingerprint density at radius 1 is 1.37 bits per heavy atom. The monoisotopic (exact) mass is 260 g/mol. The van der Waals surface area contributed by atoms with Crippen LogP contribution < -0.4 is 10.6 Å². The van der Waals surface area contributed by atoms with Crippen molar-refractivity contribution in [3.8, 4) is 0 Å². The molecule has 2 unspecified atom stereocenters. The van der Waals surface area contributed by atoms with E-state index in [2.05, 4.69) is 24.5 Å². The van der Waals surface area contributed by atoms with E-state index in [1.165, 1.54) is 0 Å².